The van der Waals surface area contributed by atoms with Crippen molar-refractivity contribution in [3.63, 3.8) is 0 Å². The molecule has 51 heavy (non-hydrogen) atoms. The molecule has 6 rings (SSSR count). The molecule has 1 aliphatic carbocycles. The van der Waals surface area contributed by atoms with Crippen LogP contribution in [0.15, 0.2) is 95.8 Å². The third-order valence-corrected chi connectivity index (χ3v) is 8.57. The van der Waals surface area contributed by atoms with Gasteiger partial charge in [-0.25, -0.2) is 0 Å². The van der Waals surface area contributed by atoms with E-state index < -0.39 is 0 Å². The molecule has 5 nitrogen and oxygen atoms in total. The van der Waals surface area contributed by atoms with Crippen molar-refractivity contribution in [1.82, 2.24) is 9.80 Å². The SMILES string of the molecule is COc1ccc2c(=O)c3c(C)cccc3ccc2c1.COc1ccc2c(c1)C=Cc1cccc(C)c1/C2=C/CCN(C)C.[CH2-]CCN(C)C.[Cl-].[Mg+2]. The first-order chi connectivity index (χ1) is 23.6. The van der Waals surface area contributed by atoms with Gasteiger partial charge in [0, 0.05) is 17.3 Å². The van der Waals surface area contributed by atoms with Crippen molar-refractivity contribution in [2.45, 2.75) is 26.7 Å². The normalized spacial score (nSPS) is 12.0. The molecule has 0 fully saturated rings. The Morgan fingerprint density at radius 2 is 1.31 bits per heavy atom. The maximum atomic E-state index is 12.7. The van der Waals surface area contributed by atoms with Gasteiger partial charge in [-0.15, -0.1) is 0 Å². The molecule has 5 aromatic carbocycles. The summed E-state index contributed by atoms with van der Waals surface area (Å²) in [5.74, 6) is 1.66. The summed E-state index contributed by atoms with van der Waals surface area (Å²) >= 11 is 0. The number of ether oxygens (including phenoxy) is 2. The summed E-state index contributed by atoms with van der Waals surface area (Å²) in [5.41, 5.74) is 8.84. The van der Waals surface area contributed by atoms with Gasteiger partial charge in [-0.2, -0.15) is 6.42 Å². The Kier molecular flexibility index (Phi) is 17.9. The second-order valence-corrected chi connectivity index (χ2v) is 12.8. The van der Waals surface area contributed by atoms with Crippen LogP contribution in [0.1, 0.15) is 46.2 Å². The first-order valence-electron chi connectivity index (χ1n) is 16.8. The van der Waals surface area contributed by atoms with Crippen LogP contribution in [0, 0.1) is 20.8 Å². The molecule has 0 N–H and O–H groups in total. The molecular formula is C44H51ClMgN2O3. The number of hydrogen-bond donors (Lipinski definition) is 0. The fourth-order valence-electron chi connectivity index (χ4n) is 6.02. The van der Waals surface area contributed by atoms with E-state index >= 15 is 0 Å². The third kappa shape index (κ3) is 11.4. The summed E-state index contributed by atoms with van der Waals surface area (Å²) in [6.45, 7) is 9.99. The molecule has 1 aliphatic rings. The number of benzene rings is 4. The molecule has 5 aromatic rings. The number of fused-ring (bicyclic) bond motifs is 4. The van der Waals surface area contributed by atoms with Gasteiger partial charge in [-0.1, -0.05) is 72.8 Å². The molecule has 7 heteroatoms. The van der Waals surface area contributed by atoms with Gasteiger partial charge in [0.05, 0.1) is 14.2 Å². The van der Waals surface area contributed by atoms with E-state index in [2.05, 4.69) is 92.4 Å². The zero-order valence-electron chi connectivity index (χ0n) is 31.6. The van der Waals surface area contributed by atoms with Gasteiger partial charge in [-0.3, -0.25) is 4.79 Å². The van der Waals surface area contributed by atoms with Crippen molar-refractivity contribution in [1.29, 1.82) is 0 Å². The van der Waals surface area contributed by atoms with Crippen LogP contribution < -0.4 is 27.3 Å². The minimum Gasteiger partial charge on any atom is -1.00 e. The van der Waals surface area contributed by atoms with Crippen LogP contribution in [0.4, 0.5) is 0 Å². The van der Waals surface area contributed by atoms with Gasteiger partial charge in [0.15, 0.2) is 5.43 Å². The Morgan fingerprint density at radius 3 is 1.96 bits per heavy atom. The van der Waals surface area contributed by atoms with Crippen molar-refractivity contribution in [2.75, 3.05) is 55.5 Å². The molecule has 0 saturated heterocycles. The fraction of sp³-hybridized carbons (Fsp3) is 0.273. The average molecular weight is 716 g/mol. The van der Waals surface area contributed by atoms with E-state index in [9.17, 15) is 4.79 Å². The Balaban J connectivity index is 0.000000300. The van der Waals surface area contributed by atoms with Crippen molar-refractivity contribution in [3.8, 4) is 11.5 Å². The number of rotatable bonds is 7. The maximum absolute atomic E-state index is 12.7. The quantitative estimate of drug-likeness (QED) is 0.151. The van der Waals surface area contributed by atoms with Crippen molar-refractivity contribution >= 4 is 62.3 Å². The van der Waals surface area contributed by atoms with E-state index in [4.69, 9.17) is 9.47 Å². The topological polar surface area (TPSA) is 42.0 Å². The number of halogens is 1. The first kappa shape index (κ1) is 43.5. The van der Waals surface area contributed by atoms with E-state index in [0.717, 1.165) is 64.5 Å². The Hall–Kier alpha value is -3.65. The van der Waals surface area contributed by atoms with Gasteiger partial charge >= 0.3 is 23.1 Å². The van der Waals surface area contributed by atoms with Gasteiger partial charge < -0.3 is 38.6 Å². The number of hydrogen-bond acceptors (Lipinski definition) is 5. The fourth-order valence-corrected chi connectivity index (χ4v) is 6.02. The summed E-state index contributed by atoms with van der Waals surface area (Å²) in [4.78, 5) is 17.0. The number of nitrogens with zero attached hydrogens (tertiary/aromatic N) is 2. The molecule has 0 heterocycles. The zero-order chi connectivity index (χ0) is 35.5. The molecule has 264 valence electrons. The van der Waals surface area contributed by atoms with Crippen LogP contribution in [0.25, 0.3) is 39.3 Å². The van der Waals surface area contributed by atoms with Crippen LogP contribution in [0.3, 0.4) is 0 Å². The monoisotopic (exact) mass is 714 g/mol. The number of methoxy groups -OCH3 is 2. The second kappa shape index (κ2) is 21.0. The molecule has 0 saturated carbocycles. The largest absolute Gasteiger partial charge is 2.00 e. The summed E-state index contributed by atoms with van der Waals surface area (Å²) in [6, 6.07) is 28.3. The molecular weight excluding hydrogens is 664 g/mol. The van der Waals surface area contributed by atoms with Crippen LogP contribution in [0.2, 0.25) is 0 Å². The molecule has 0 unspecified atom stereocenters. The number of aryl methyl sites for hydroxylation is 2. The predicted octanol–water partition coefficient (Wildman–Crippen LogP) is 5.94. The van der Waals surface area contributed by atoms with Crippen LogP contribution in [0.5, 0.6) is 11.5 Å². The molecule has 0 spiro atoms. The van der Waals surface area contributed by atoms with Crippen LogP contribution in [-0.2, 0) is 0 Å². The summed E-state index contributed by atoms with van der Waals surface area (Å²) in [5, 5.41) is 3.40. The smallest absolute Gasteiger partial charge is 1.00 e. The molecule has 0 bridgehead atoms. The van der Waals surface area contributed by atoms with Crippen molar-refractivity contribution in [2.24, 2.45) is 0 Å². The van der Waals surface area contributed by atoms with E-state index in [0.29, 0.717) is 0 Å². The summed E-state index contributed by atoms with van der Waals surface area (Å²) < 4.78 is 10.6. The van der Waals surface area contributed by atoms with E-state index in [1.165, 1.54) is 33.4 Å². The molecule has 0 amide bonds. The van der Waals surface area contributed by atoms with Gasteiger partial charge in [0.25, 0.3) is 0 Å². The van der Waals surface area contributed by atoms with E-state index in [1.807, 2.05) is 69.6 Å². The molecule has 0 atom stereocenters. The average Bonchev–Trinajstić information content (AvgIpc) is 3.33. The van der Waals surface area contributed by atoms with Gasteiger partial charge in [0.1, 0.15) is 11.5 Å². The third-order valence-electron chi connectivity index (χ3n) is 8.57. The first-order valence-corrected chi connectivity index (χ1v) is 16.8. The van der Waals surface area contributed by atoms with E-state index in [1.54, 1.807) is 14.2 Å². The van der Waals surface area contributed by atoms with Crippen LogP contribution in [-0.4, -0.2) is 88.4 Å². The minimum atomic E-state index is 0. The van der Waals surface area contributed by atoms with Gasteiger partial charge in [0.2, 0.25) is 0 Å². The van der Waals surface area contributed by atoms with Gasteiger partial charge in [-0.05, 0) is 135 Å². The minimum absolute atomic E-state index is 0. The zero-order valence-corrected chi connectivity index (χ0v) is 33.7. The van der Waals surface area contributed by atoms with Crippen LogP contribution >= 0.6 is 0 Å². The second-order valence-electron chi connectivity index (χ2n) is 12.8. The van der Waals surface area contributed by atoms with E-state index in [-0.39, 0.29) is 40.9 Å². The summed E-state index contributed by atoms with van der Waals surface area (Å²) in [6.07, 6.45) is 8.83. The Bertz CT molecular complexity index is 2020. The Morgan fingerprint density at radius 1 is 0.706 bits per heavy atom. The molecule has 0 radical (unpaired) electrons. The molecule has 0 aliphatic heterocycles. The maximum Gasteiger partial charge on any atom is 2.00 e. The van der Waals surface area contributed by atoms with Crippen molar-refractivity contribution in [3.05, 3.63) is 142 Å². The standard InChI is InChI=1S/C22H25NO.C17H14O2.C5H12N.ClH.Mg/c1-16-7-5-8-17-10-11-18-15-19(24-4)12-13-20(18)21(22(16)17)9-6-14-23(2)3;1-11-4-3-5-12-6-7-13-10-14(19-2)8-9-15(13)17(18)16(11)12;1-4-5-6(2)3;;/h5,7-13,15H,6,14H2,1-4H3;3-10H,1-2H3;1,4-5H2,2-3H3;1H;/q;;-1;;+2/p-1/b21-9+;;;;. The summed E-state index contributed by atoms with van der Waals surface area (Å²) in [7, 11) is 11.7. The molecule has 0 aromatic heterocycles. The predicted molar refractivity (Wildman–Crippen MR) is 217 cm³/mol. The Labute approximate surface area is 327 Å². The van der Waals surface area contributed by atoms with Crippen molar-refractivity contribution < 1.29 is 21.9 Å².